The number of esters is 1. The van der Waals surface area contributed by atoms with Crippen LogP contribution in [0.15, 0.2) is 12.4 Å². The molecule has 0 aliphatic heterocycles. The van der Waals surface area contributed by atoms with Gasteiger partial charge >= 0.3 is 64.1 Å². The van der Waals surface area contributed by atoms with Crippen LogP contribution < -0.4 is 0 Å². The smallest absolute Gasteiger partial charge is 0.367 e. The number of hydrogen-bond acceptors (Lipinski definition) is 2. The zero-order valence-corrected chi connectivity index (χ0v) is 13.6. The fraction of sp³-hybridized carbons (Fsp3) is 0.769. The van der Waals surface area contributed by atoms with E-state index in [1.165, 1.54) is 0 Å². The number of carbonyl (C=O) groups excluding carboxylic acids is 1. The summed E-state index contributed by atoms with van der Waals surface area (Å²) in [5.74, 6) is -54.3. The molecule has 0 heterocycles. The van der Waals surface area contributed by atoms with Crippen molar-refractivity contribution in [3.8, 4) is 0 Å². The van der Waals surface area contributed by atoms with Crippen molar-refractivity contribution in [3.05, 3.63) is 12.4 Å². The lowest BCUT2D eigenvalue weighted by atomic mass is 9.40. The van der Waals surface area contributed by atoms with Crippen LogP contribution in [0.2, 0.25) is 0 Å². The Morgan fingerprint density at radius 1 is 0.516 bits per heavy atom. The molecule has 0 amide bonds. The van der Waals surface area contributed by atoms with Crippen LogP contribution in [-0.4, -0.2) is 64.1 Å². The Kier molecular flexibility index (Phi) is 3.73. The highest BCUT2D eigenvalue weighted by Crippen LogP contribution is 2.88. The molecule has 0 unspecified atom stereocenters. The lowest BCUT2D eigenvalue weighted by Crippen LogP contribution is -3.10. The van der Waals surface area contributed by atoms with E-state index in [9.17, 15) is 75.0 Å². The van der Waals surface area contributed by atoms with Crippen LogP contribution >= 0.6 is 0 Å². The zero-order valence-electron chi connectivity index (χ0n) is 13.6. The molecule has 4 aliphatic carbocycles. The zero-order chi connectivity index (χ0) is 24.9. The molecular formula is C13H2F16O2. The Bertz CT molecular complexity index is 792. The third-order valence-electron chi connectivity index (χ3n) is 5.69. The Labute approximate surface area is 157 Å². The molecule has 0 aromatic carbocycles. The summed E-state index contributed by atoms with van der Waals surface area (Å²) < 4.78 is 230. The van der Waals surface area contributed by atoms with Gasteiger partial charge in [-0.1, -0.05) is 6.58 Å². The summed E-state index contributed by atoms with van der Waals surface area (Å²) in [6.07, 6.45) is 0. The lowest BCUT2D eigenvalue weighted by Gasteiger charge is -2.74. The first-order valence-electron chi connectivity index (χ1n) is 7.24. The first-order chi connectivity index (χ1) is 13.3. The quantitative estimate of drug-likeness (QED) is 0.316. The molecule has 0 aromatic rings. The maximum absolute atomic E-state index is 14.6. The van der Waals surface area contributed by atoms with Gasteiger partial charge < -0.3 is 4.74 Å². The second-order valence-corrected chi connectivity index (χ2v) is 6.90. The molecule has 0 aromatic heterocycles. The molecule has 18 heteroatoms. The summed E-state index contributed by atoms with van der Waals surface area (Å²) >= 11 is 0. The third kappa shape index (κ3) is 1.44. The molecule has 4 bridgehead atoms. The van der Waals surface area contributed by atoms with Crippen LogP contribution in [0.1, 0.15) is 0 Å². The summed E-state index contributed by atoms with van der Waals surface area (Å²) in [6, 6.07) is 0. The maximum Gasteiger partial charge on any atom is 0.367 e. The molecule has 0 spiro atoms. The largest absolute Gasteiger partial charge is 0.434 e. The van der Waals surface area contributed by atoms with Crippen LogP contribution in [-0.2, 0) is 9.53 Å². The van der Waals surface area contributed by atoms with Crippen LogP contribution in [0.3, 0.4) is 0 Å². The normalized spacial score (nSPS) is 46.5. The number of alkyl halides is 15. The maximum atomic E-state index is 14.6. The van der Waals surface area contributed by atoms with Crippen LogP contribution in [0.5, 0.6) is 0 Å². The van der Waals surface area contributed by atoms with Crippen molar-refractivity contribution in [2.24, 2.45) is 0 Å². The van der Waals surface area contributed by atoms with Crippen LogP contribution in [0.4, 0.5) is 70.2 Å². The van der Waals surface area contributed by atoms with Crippen molar-refractivity contribution in [1.29, 1.82) is 0 Å². The van der Waals surface area contributed by atoms with Crippen LogP contribution in [0.25, 0.3) is 0 Å². The standard InChI is InChI=1S/C13H2F16O2/c1-2(14)3(30)31-7-11(24,25)4(15)8(18,19)5(16,12(7,26)27)10(22,23)6(17,9(4,20)21)13(7,28)29/h1H2. The number of rotatable bonds is 2. The molecular weight excluding hydrogens is 492 g/mol. The van der Waals surface area contributed by atoms with Gasteiger partial charge in [0, 0.05) is 0 Å². The highest BCUT2D eigenvalue weighted by atomic mass is 19.3. The summed E-state index contributed by atoms with van der Waals surface area (Å²) in [4.78, 5) is 11.1. The van der Waals surface area contributed by atoms with Gasteiger partial charge in [-0.3, -0.25) is 0 Å². The first-order valence-corrected chi connectivity index (χ1v) is 7.24. The second kappa shape index (κ2) is 4.87. The minimum absolute atomic E-state index is 1.83. The minimum atomic E-state index is -8.01. The van der Waals surface area contributed by atoms with E-state index in [1.807, 2.05) is 6.58 Å². The van der Waals surface area contributed by atoms with E-state index in [4.69, 9.17) is 0 Å². The molecule has 0 atom stereocenters. The number of carbonyl (C=O) groups is 1. The van der Waals surface area contributed by atoms with Crippen molar-refractivity contribution in [2.75, 3.05) is 0 Å². The molecule has 0 radical (unpaired) electrons. The summed E-state index contributed by atoms with van der Waals surface area (Å²) in [7, 11) is 0. The molecule has 4 fully saturated rings. The average molecular weight is 494 g/mol. The molecule has 31 heavy (non-hydrogen) atoms. The Morgan fingerprint density at radius 2 is 0.742 bits per heavy atom. The second-order valence-electron chi connectivity index (χ2n) is 6.90. The van der Waals surface area contributed by atoms with E-state index in [0.717, 1.165) is 0 Å². The topological polar surface area (TPSA) is 26.3 Å². The van der Waals surface area contributed by atoms with E-state index in [1.54, 1.807) is 0 Å². The van der Waals surface area contributed by atoms with E-state index in [-0.39, 0.29) is 0 Å². The number of ether oxygens (including phenoxy) is 1. The lowest BCUT2D eigenvalue weighted by molar-refractivity contribution is -0.614. The van der Waals surface area contributed by atoms with Crippen LogP contribution in [0, 0.1) is 0 Å². The van der Waals surface area contributed by atoms with Crippen molar-refractivity contribution < 1.29 is 79.8 Å². The van der Waals surface area contributed by atoms with Crippen molar-refractivity contribution >= 4 is 5.97 Å². The van der Waals surface area contributed by atoms with E-state index in [0.29, 0.717) is 0 Å². The molecule has 178 valence electrons. The molecule has 2 nitrogen and oxygen atoms in total. The Balaban J connectivity index is 2.69. The van der Waals surface area contributed by atoms with Gasteiger partial charge in [-0.25, -0.2) is 18.0 Å². The number of hydrogen-bond donors (Lipinski definition) is 0. The summed E-state index contributed by atoms with van der Waals surface area (Å²) in [5, 5.41) is 0. The van der Waals surface area contributed by atoms with E-state index in [2.05, 4.69) is 4.74 Å². The fourth-order valence-electron chi connectivity index (χ4n) is 4.19. The molecule has 4 aliphatic rings. The highest BCUT2D eigenvalue weighted by molar-refractivity contribution is 5.86. The third-order valence-corrected chi connectivity index (χ3v) is 5.69. The van der Waals surface area contributed by atoms with Gasteiger partial charge in [0.2, 0.25) is 5.83 Å². The SMILES string of the molecule is C=C(F)C(=O)OC12C(F)(F)C3(F)C(F)(F)C(F)(C(F)(F)C(F)(C3(F)F)C1(F)F)C2(F)F. The summed E-state index contributed by atoms with van der Waals surface area (Å²) in [5.41, 5.74) is -31.2. The van der Waals surface area contributed by atoms with Gasteiger partial charge in [-0.15, -0.1) is 0 Å². The molecule has 0 N–H and O–H groups in total. The molecule has 4 saturated carbocycles. The van der Waals surface area contributed by atoms with Gasteiger partial charge in [0.15, 0.2) is 0 Å². The fourth-order valence-corrected chi connectivity index (χ4v) is 4.19. The van der Waals surface area contributed by atoms with Gasteiger partial charge in [0.05, 0.1) is 0 Å². The predicted octanol–water partition coefficient (Wildman–Crippen LogP) is 4.73. The van der Waals surface area contributed by atoms with Crippen molar-refractivity contribution in [2.45, 2.75) is 58.1 Å². The molecule has 0 saturated heterocycles. The van der Waals surface area contributed by atoms with E-state index < -0.39 is 69.9 Å². The molecule has 4 rings (SSSR count). The van der Waals surface area contributed by atoms with Crippen molar-refractivity contribution in [3.63, 3.8) is 0 Å². The van der Waals surface area contributed by atoms with Gasteiger partial charge in [0.25, 0.3) is 0 Å². The van der Waals surface area contributed by atoms with Gasteiger partial charge in [-0.2, -0.15) is 57.1 Å². The van der Waals surface area contributed by atoms with E-state index >= 15 is 0 Å². The van der Waals surface area contributed by atoms with Gasteiger partial charge in [0.1, 0.15) is 0 Å². The first kappa shape index (κ1) is 23.7. The number of halogens is 16. The predicted molar refractivity (Wildman–Crippen MR) is 60.3 cm³/mol. The Morgan fingerprint density at radius 3 is 0.935 bits per heavy atom. The highest BCUT2D eigenvalue weighted by Gasteiger charge is 3.24. The average Bonchev–Trinajstić information content (AvgIpc) is 2.58. The minimum Gasteiger partial charge on any atom is -0.434 e. The monoisotopic (exact) mass is 494 g/mol. The summed E-state index contributed by atoms with van der Waals surface area (Å²) in [6.45, 7) is 1.83. The Hall–Kier alpha value is -1.91. The van der Waals surface area contributed by atoms with Gasteiger partial charge in [-0.05, 0) is 0 Å². The van der Waals surface area contributed by atoms with Crippen molar-refractivity contribution in [1.82, 2.24) is 0 Å².